The lowest BCUT2D eigenvalue weighted by molar-refractivity contribution is 0.0691. The number of carboxylic acid groups (broad SMARTS) is 1. The second kappa shape index (κ2) is 6.79. The Labute approximate surface area is 123 Å². The maximum Gasteiger partial charge on any atom is 0.355 e. The summed E-state index contributed by atoms with van der Waals surface area (Å²) in [5, 5.41) is 19.6. The fraction of sp³-hybridized carbons (Fsp3) is 0.364. The Balaban J connectivity index is 1.68. The van der Waals surface area contributed by atoms with E-state index in [1.54, 1.807) is 6.92 Å². The predicted octanol–water partition coefficient (Wildman–Crippen LogP) is 0.575. The summed E-state index contributed by atoms with van der Waals surface area (Å²) >= 11 is 1.18. The number of amides is 2. The predicted molar refractivity (Wildman–Crippen MR) is 72.1 cm³/mol. The van der Waals surface area contributed by atoms with Gasteiger partial charge in [0.2, 0.25) is 5.89 Å². The molecule has 0 saturated carbocycles. The van der Waals surface area contributed by atoms with Crippen LogP contribution in [0.5, 0.6) is 0 Å². The average Bonchev–Trinajstić information content (AvgIpc) is 3.05. The minimum absolute atomic E-state index is 0.0234. The summed E-state index contributed by atoms with van der Waals surface area (Å²) in [6.07, 6.45) is 0.463. The van der Waals surface area contributed by atoms with Gasteiger partial charge < -0.3 is 20.3 Å². The van der Waals surface area contributed by atoms with E-state index in [0.717, 1.165) is 0 Å². The number of hydrogen-bond donors (Lipinski definition) is 3. The van der Waals surface area contributed by atoms with Crippen molar-refractivity contribution in [3.63, 3.8) is 0 Å². The third-order valence-corrected chi connectivity index (χ3v) is 3.22. The van der Waals surface area contributed by atoms with Gasteiger partial charge in [0.05, 0.1) is 6.54 Å². The van der Waals surface area contributed by atoms with E-state index in [2.05, 4.69) is 25.8 Å². The number of rotatable bonds is 6. The quantitative estimate of drug-likeness (QED) is 0.711. The van der Waals surface area contributed by atoms with Crippen LogP contribution in [-0.2, 0) is 13.0 Å². The van der Waals surface area contributed by atoms with Crippen molar-refractivity contribution in [2.75, 3.05) is 6.54 Å². The molecule has 2 rings (SSSR count). The molecule has 0 fully saturated rings. The molecular weight excluding hydrogens is 298 g/mol. The van der Waals surface area contributed by atoms with Crippen LogP contribution < -0.4 is 10.6 Å². The van der Waals surface area contributed by atoms with Gasteiger partial charge >= 0.3 is 12.0 Å². The number of carbonyl (C=O) groups excluding carboxylic acids is 1. The third kappa shape index (κ3) is 4.53. The zero-order chi connectivity index (χ0) is 15.2. The molecule has 0 radical (unpaired) electrons. The lowest BCUT2D eigenvalue weighted by Crippen LogP contribution is -2.36. The van der Waals surface area contributed by atoms with Gasteiger partial charge in [-0.3, -0.25) is 0 Å². The van der Waals surface area contributed by atoms with Gasteiger partial charge in [0, 0.05) is 25.3 Å². The van der Waals surface area contributed by atoms with Crippen molar-refractivity contribution in [2.24, 2.45) is 0 Å². The molecule has 0 spiro atoms. The number of nitrogens with one attached hydrogen (secondary N) is 2. The van der Waals surface area contributed by atoms with Crippen molar-refractivity contribution < 1.29 is 19.2 Å². The first-order valence-electron chi connectivity index (χ1n) is 6.03. The molecular formula is C11H13N5O4S. The van der Waals surface area contributed by atoms with Crippen LogP contribution in [-0.4, -0.2) is 38.8 Å². The number of aromatic nitrogens is 3. The van der Waals surface area contributed by atoms with Crippen molar-refractivity contribution in [3.8, 4) is 0 Å². The molecule has 21 heavy (non-hydrogen) atoms. The molecule has 2 aromatic heterocycles. The molecule has 0 aliphatic rings. The standard InChI is InChI=1S/C11H13N5O4S/c1-6-14-8(16-20-6)2-3-12-11(19)13-4-9-15-7(5-21-9)10(17)18/h5H,2-4H2,1H3,(H,17,18)(H2,12,13,19). The lowest BCUT2D eigenvalue weighted by atomic mass is 10.4. The van der Waals surface area contributed by atoms with E-state index >= 15 is 0 Å². The van der Waals surface area contributed by atoms with Gasteiger partial charge in [-0.1, -0.05) is 5.16 Å². The maximum absolute atomic E-state index is 11.5. The van der Waals surface area contributed by atoms with Crippen LogP contribution >= 0.6 is 11.3 Å². The molecule has 2 amide bonds. The molecule has 0 aliphatic carbocycles. The summed E-state index contributed by atoms with van der Waals surface area (Å²) in [5.41, 5.74) is -0.0234. The third-order valence-electron chi connectivity index (χ3n) is 2.37. The minimum Gasteiger partial charge on any atom is -0.476 e. The van der Waals surface area contributed by atoms with Crippen molar-refractivity contribution >= 4 is 23.3 Å². The molecule has 10 heteroatoms. The second-order valence-electron chi connectivity index (χ2n) is 4.02. The van der Waals surface area contributed by atoms with E-state index in [-0.39, 0.29) is 18.3 Å². The first-order chi connectivity index (χ1) is 10.0. The number of carbonyl (C=O) groups is 2. The van der Waals surface area contributed by atoms with Crippen LogP contribution in [0.25, 0.3) is 0 Å². The van der Waals surface area contributed by atoms with E-state index in [1.807, 2.05) is 0 Å². The summed E-state index contributed by atoms with van der Waals surface area (Å²) in [6.45, 7) is 2.23. The molecule has 9 nitrogen and oxygen atoms in total. The van der Waals surface area contributed by atoms with Crippen LogP contribution in [0.1, 0.15) is 27.2 Å². The Morgan fingerprint density at radius 3 is 2.81 bits per heavy atom. The topological polar surface area (TPSA) is 130 Å². The summed E-state index contributed by atoms with van der Waals surface area (Å²) in [5.74, 6) is -0.0800. The summed E-state index contributed by atoms with van der Waals surface area (Å²) < 4.78 is 4.80. The number of urea groups is 1. The van der Waals surface area contributed by atoms with Gasteiger partial charge in [-0.25, -0.2) is 14.6 Å². The fourth-order valence-electron chi connectivity index (χ4n) is 1.44. The van der Waals surface area contributed by atoms with Crippen LogP contribution in [0, 0.1) is 6.92 Å². The van der Waals surface area contributed by atoms with Crippen molar-refractivity contribution in [1.29, 1.82) is 0 Å². The van der Waals surface area contributed by atoms with E-state index in [1.165, 1.54) is 16.7 Å². The molecule has 112 valence electrons. The van der Waals surface area contributed by atoms with E-state index in [9.17, 15) is 9.59 Å². The van der Waals surface area contributed by atoms with Gasteiger partial charge in [0.15, 0.2) is 11.5 Å². The Bertz CT molecular complexity index is 638. The van der Waals surface area contributed by atoms with Crippen LogP contribution in [0.3, 0.4) is 0 Å². The van der Waals surface area contributed by atoms with Gasteiger partial charge in [-0.2, -0.15) is 4.98 Å². The smallest absolute Gasteiger partial charge is 0.355 e. The largest absolute Gasteiger partial charge is 0.476 e. The molecule has 2 aromatic rings. The molecule has 0 bridgehead atoms. The van der Waals surface area contributed by atoms with Crippen LogP contribution in [0.2, 0.25) is 0 Å². The molecule has 0 unspecified atom stereocenters. The highest BCUT2D eigenvalue weighted by molar-refractivity contribution is 7.09. The van der Waals surface area contributed by atoms with Crippen molar-refractivity contribution in [1.82, 2.24) is 25.8 Å². The van der Waals surface area contributed by atoms with E-state index < -0.39 is 5.97 Å². The molecule has 2 heterocycles. The highest BCUT2D eigenvalue weighted by Gasteiger charge is 2.09. The highest BCUT2D eigenvalue weighted by Crippen LogP contribution is 2.09. The first kappa shape index (κ1) is 14.9. The van der Waals surface area contributed by atoms with E-state index in [4.69, 9.17) is 9.63 Å². The Kier molecular flexibility index (Phi) is 4.82. The van der Waals surface area contributed by atoms with Gasteiger partial charge in [0.25, 0.3) is 0 Å². The van der Waals surface area contributed by atoms with Gasteiger partial charge in [0.1, 0.15) is 5.01 Å². The Morgan fingerprint density at radius 1 is 1.38 bits per heavy atom. The fourth-order valence-corrected chi connectivity index (χ4v) is 2.15. The first-order valence-corrected chi connectivity index (χ1v) is 6.91. The number of hydrogen-bond acceptors (Lipinski definition) is 7. The number of nitrogens with zero attached hydrogens (tertiary/aromatic N) is 3. The molecule has 0 atom stereocenters. The number of aryl methyl sites for hydroxylation is 1. The normalized spacial score (nSPS) is 10.3. The zero-order valence-corrected chi connectivity index (χ0v) is 11.9. The number of carboxylic acids is 1. The maximum atomic E-state index is 11.5. The Morgan fingerprint density at radius 2 is 2.19 bits per heavy atom. The highest BCUT2D eigenvalue weighted by atomic mass is 32.1. The Hall–Kier alpha value is -2.49. The summed E-state index contributed by atoms with van der Waals surface area (Å²) in [4.78, 5) is 30.0. The molecule has 0 aromatic carbocycles. The van der Waals surface area contributed by atoms with Gasteiger partial charge in [-0.05, 0) is 0 Å². The molecule has 0 saturated heterocycles. The van der Waals surface area contributed by atoms with Crippen molar-refractivity contribution in [3.05, 3.63) is 27.8 Å². The van der Waals surface area contributed by atoms with Crippen LogP contribution in [0.15, 0.2) is 9.90 Å². The zero-order valence-electron chi connectivity index (χ0n) is 11.1. The van der Waals surface area contributed by atoms with Crippen LogP contribution in [0.4, 0.5) is 4.79 Å². The monoisotopic (exact) mass is 311 g/mol. The molecule has 3 N–H and O–H groups in total. The number of thiazole rings is 1. The summed E-state index contributed by atoms with van der Waals surface area (Å²) in [7, 11) is 0. The second-order valence-corrected chi connectivity index (χ2v) is 4.96. The minimum atomic E-state index is -1.09. The SMILES string of the molecule is Cc1nc(CCNC(=O)NCc2nc(C(=O)O)cs2)no1. The molecule has 0 aliphatic heterocycles. The van der Waals surface area contributed by atoms with E-state index in [0.29, 0.717) is 29.7 Å². The number of aromatic carboxylic acids is 1. The average molecular weight is 311 g/mol. The summed E-state index contributed by atoms with van der Waals surface area (Å²) in [6, 6.07) is -0.373. The van der Waals surface area contributed by atoms with Gasteiger partial charge in [-0.15, -0.1) is 11.3 Å². The lowest BCUT2D eigenvalue weighted by Gasteiger charge is -2.04. The van der Waals surface area contributed by atoms with Crippen molar-refractivity contribution in [2.45, 2.75) is 19.9 Å².